The fourth-order valence-electron chi connectivity index (χ4n) is 2.89. The summed E-state index contributed by atoms with van der Waals surface area (Å²) in [4.78, 5) is 29.0. The van der Waals surface area contributed by atoms with Crippen LogP contribution in [0.15, 0.2) is 71.1 Å². The SMILES string of the molecule is COc1cccc(NC(=O)Nc2ccc3nc(SCC(=O)Nc4ccc(F)cc4)sc3c2)c1. The predicted octanol–water partition coefficient (Wildman–Crippen LogP) is 5.82. The summed E-state index contributed by atoms with van der Waals surface area (Å²) in [5.74, 6) is 0.256. The Bertz CT molecular complexity index is 1290. The van der Waals surface area contributed by atoms with Crippen LogP contribution in [0.3, 0.4) is 0 Å². The molecule has 1 aromatic heterocycles. The maximum absolute atomic E-state index is 13.0. The fraction of sp³-hybridized carbons (Fsp3) is 0.0870. The normalized spacial score (nSPS) is 10.6. The molecule has 3 aromatic carbocycles. The van der Waals surface area contributed by atoms with E-state index in [0.717, 1.165) is 14.6 Å². The number of carbonyl (C=O) groups is 2. The predicted molar refractivity (Wildman–Crippen MR) is 131 cm³/mol. The Morgan fingerprint density at radius 3 is 2.45 bits per heavy atom. The first kappa shape index (κ1) is 22.6. The van der Waals surface area contributed by atoms with Crippen LogP contribution in [0.4, 0.5) is 26.2 Å². The van der Waals surface area contributed by atoms with E-state index in [0.29, 0.717) is 22.8 Å². The number of hydrogen-bond donors (Lipinski definition) is 3. The number of benzene rings is 3. The van der Waals surface area contributed by atoms with Crippen molar-refractivity contribution in [3.8, 4) is 5.75 Å². The zero-order valence-corrected chi connectivity index (χ0v) is 19.1. The Labute approximate surface area is 197 Å². The van der Waals surface area contributed by atoms with Gasteiger partial charge in [0.2, 0.25) is 5.91 Å². The molecule has 0 saturated carbocycles. The van der Waals surface area contributed by atoms with Crippen molar-refractivity contribution in [3.05, 3.63) is 72.5 Å². The lowest BCUT2D eigenvalue weighted by atomic mass is 10.3. The summed E-state index contributed by atoms with van der Waals surface area (Å²) < 4.78 is 19.7. The number of nitrogens with zero attached hydrogens (tertiary/aromatic N) is 1. The number of anilines is 3. The van der Waals surface area contributed by atoms with E-state index >= 15 is 0 Å². The molecule has 3 amide bonds. The number of urea groups is 1. The molecule has 0 fully saturated rings. The summed E-state index contributed by atoms with van der Waals surface area (Å²) in [5, 5.41) is 8.28. The van der Waals surface area contributed by atoms with Gasteiger partial charge in [0.1, 0.15) is 11.6 Å². The summed E-state index contributed by atoms with van der Waals surface area (Å²) in [6, 6.07) is 17.7. The smallest absolute Gasteiger partial charge is 0.323 e. The van der Waals surface area contributed by atoms with Crippen LogP contribution in [0.5, 0.6) is 5.75 Å². The van der Waals surface area contributed by atoms with Crippen molar-refractivity contribution in [2.45, 2.75) is 4.34 Å². The second kappa shape index (κ2) is 10.3. The van der Waals surface area contributed by atoms with Gasteiger partial charge in [-0.2, -0.15) is 0 Å². The molecule has 4 rings (SSSR count). The number of hydrogen-bond acceptors (Lipinski definition) is 6. The topological polar surface area (TPSA) is 92.3 Å². The van der Waals surface area contributed by atoms with Gasteiger partial charge in [-0.05, 0) is 54.6 Å². The van der Waals surface area contributed by atoms with Gasteiger partial charge >= 0.3 is 6.03 Å². The molecule has 1 heterocycles. The van der Waals surface area contributed by atoms with Crippen LogP contribution in [-0.4, -0.2) is 29.8 Å². The molecule has 0 spiro atoms. The number of carbonyl (C=O) groups excluding carboxylic acids is 2. The molecule has 33 heavy (non-hydrogen) atoms. The fourth-order valence-corrected chi connectivity index (χ4v) is 4.80. The van der Waals surface area contributed by atoms with E-state index in [1.165, 1.54) is 47.4 Å². The number of halogens is 1. The molecule has 168 valence electrons. The molecule has 4 aromatic rings. The lowest BCUT2D eigenvalue weighted by Gasteiger charge is -2.08. The van der Waals surface area contributed by atoms with Gasteiger partial charge in [0.25, 0.3) is 0 Å². The van der Waals surface area contributed by atoms with E-state index in [-0.39, 0.29) is 23.5 Å². The number of amides is 3. The number of aromatic nitrogens is 1. The molecule has 0 saturated heterocycles. The molecule has 0 aliphatic heterocycles. The Balaban J connectivity index is 1.34. The third-order valence-corrected chi connectivity index (χ3v) is 6.57. The van der Waals surface area contributed by atoms with Crippen molar-refractivity contribution in [1.29, 1.82) is 0 Å². The van der Waals surface area contributed by atoms with Gasteiger partial charge < -0.3 is 20.7 Å². The lowest BCUT2D eigenvalue weighted by molar-refractivity contribution is -0.113. The number of thioether (sulfide) groups is 1. The second-order valence-electron chi connectivity index (χ2n) is 6.82. The van der Waals surface area contributed by atoms with Crippen LogP contribution in [0, 0.1) is 5.82 Å². The van der Waals surface area contributed by atoms with Crippen LogP contribution >= 0.6 is 23.1 Å². The lowest BCUT2D eigenvalue weighted by Crippen LogP contribution is -2.19. The van der Waals surface area contributed by atoms with Crippen LogP contribution in [0.2, 0.25) is 0 Å². The van der Waals surface area contributed by atoms with Crippen molar-refractivity contribution in [1.82, 2.24) is 4.98 Å². The molecule has 7 nitrogen and oxygen atoms in total. The summed E-state index contributed by atoms with van der Waals surface area (Å²) in [5.41, 5.74) is 2.55. The average molecular weight is 483 g/mol. The minimum atomic E-state index is -0.376. The molecule has 0 atom stereocenters. The zero-order chi connectivity index (χ0) is 23.2. The minimum absolute atomic E-state index is 0.172. The molecular formula is C23H19FN4O3S2. The Morgan fingerprint density at radius 1 is 0.970 bits per heavy atom. The van der Waals surface area contributed by atoms with Crippen molar-refractivity contribution in [3.63, 3.8) is 0 Å². The minimum Gasteiger partial charge on any atom is -0.497 e. The van der Waals surface area contributed by atoms with Crippen molar-refractivity contribution < 1.29 is 18.7 Å². The van der Waals surface area contributed by atoms with E-state index in [4.69, 9.17) is 4.74 Å². The van der Waals surface area contributed by atoms with Gasteiger partial charge in [-0.15, -0.1) is 11.3 Å². The van der Waals surface area contributed by atoms with Gasteiger partial charge in [0.05, 0.1) is 23.1 Å². The molecule has 0 bridgehead atoms. The van der Waals surface area contributed by atoms with Crippen LogP contribution in [-0.2, 0) is 4.79 Å². The number of rotatable bonds is 7. The summed E-state index contributed by atoms with van der Waals surface area (Å²) >= 11 is 2.74. The van der Waals surface area contributed by atoms with Crippen LogP contribution in [0.1, 0.15) is 0 Å². The molecule has 0 aliphatic rings. The quantitative estimate of drug-likeness (QED) is 0.289. The van der Waals surface area contributed by atoms with Gasteiger partial charge in [0.15, 0.2) is 4.34 Å². The van der Waals surface area contributed by atoms with Gasteiger partial charge in [0, 0.05) is 23.1 Å². The monoisotopic (exact) mass is 482 g/mol. The van der Waals surface area contributed by atoms with Gasteiger partial charge in [-0.25, -0.2) is 14.2 Å². The highest BCUT2D eigenvalue weighted by Crippen LogP contribution is 2.31. The number of fused-ring (bicyclic) bond motifs is 1. The zero-order valence-electron chi connectivity index (χ0n) is 17.4. The maximum Gasteiger partial charge on any atom is 0.323 e. The third kappa shape index (κ3) is 6.21. The van der Waals surface area contributed by atoms with E-state index < -0.39 is 0 Å². The maximum atomic E-state index is 13.0. The number of ether oxygens (including phenoxy) is 1. The highest BCUT2D eigenvalue weighted by Gasteiger charge is 2.10. The molecular weight excluding hydrogens is 463 g/mol. The van der Waals surface area contributed by atoms with Crippen molar-refractivity contribution in [2.24, 2.45) is 0 Å². The standard InChI is InChI=1S/C23H19FN4O3S2/c1-31-18-4-2-3-16(11-18)26-22(30)27-17-9-10-19-20(12-17)33-23(28-19)32-13-21(29)25-15-7-5-14(24)6-8-15/h2-12H,13H2,1H3,(H,25,29)(H2,26,27,30). The summed E-state index contributed by atoms with van der Waals surface area (Å²) in [6.07, 6.45) is 0. The number of nitrogens with one attached hydrogen (secondary N) is 3. The summed E-state index contributed by atoms with van der Waals surface area (Å²) in [6.45, 7) is 0. The second-order valence-corrected chi connectivity index (χ2v) is 9.07. The first-order valence-electron chi connectivity index (χ1n) is 9.79. The Morgan fingerprint density at radius 2 is 1.70 bits per heavy atom. The first-order chi connectivity index (χ1) is 16.0. The largest absolute Gasteiger partial charge is 0.497 e. The highest BCUT2D eigenvalue weighted by atomic mass is 32.2. The Hall–Kier alpha value is -3.63. The van der Waals surface area contributed by atoms with Gasteiger partial charge in [-0.3, -0.25) is 4.79 Å². The van der Waals surface area contributed by atoms with E-state index in [2.05, 4.69) is 20.9 Å². The Kier molecular flexibility index (Phi) is 7.06. The third-order valence-electron chi connectivity index (χ3n) is 4.41. The summed E-state index contributed by atoms with van der Waals surface area (Å²) in [7, 11) is 1.56. The highest BCUT2D eigenvalue weighted by molar-refractivity contribution is 8.01. The van der Waals surface area contributed by atoms with E-state index in [9.17, 15) is 14.0 Å². The first-order valence-corrected chi connectivity index (χ1v) is 11.6. The number of thiazole rings is 1. The number of methoxy groups -OCH3 is 1. The molecule has 0 radical (unpaired) electrons. The van der Waals surface area contributed by atoms with Gasteiger partial charge in [-0.1, -0.05) is 17.8 Å². The molecule has 0 aliphatic carbocycles. The van der Waals surface area contributed by atoms with E-state index in [1.54, 1.807) is 37.4 Å². The van der Waals surface area contributed by atoms with Crippen LogP contribution < -0.4 is 20.7 Å². The van der Waals surface area contributed by atoms with Crippen molar-refractivity contribution in [2.75, 3.05) is 28.8 Å². The van der Waals surface area contributed by atoms with E-state index in [1.807, 2.05) is 12.1 Å². The molecule has 0 unspecified atom stereocenters. The molecule has 10 heteroatoms. The van der Waals surface area contributed by atoms with Crippen molar-refractivity contribution >= 4 is 62.3 Å². The molecule has 3 N–H and O–H groups in total. The van der Waals surface area contributed by atoms with Crippen LogP contribution in [0.25, 0.3) is 10.2 Å². The average Bonchev–Trinajstić information content (AvgIpc) is 3.21.